The van der Waals surface area contributed by atoms with E-state index in [1.165, 1.54) is 31.3 Å². The lowest BCUT2D eigenvalue weighted by Gasteiger charge is -2.12. The van der Waals surface area contributed by atoms with Gasteiger partial charge >= 0.3 is 0 Å². The molecule has 0 aromatic heterocycles. The largest absolute Gasteiger partial charge is 0.355 e. The summed E-state index contributed by atoms with van der Waals surface area (Å²) in [4.78, 5) is 24.4. The minimum Gasteiger partial charge on any atom is -0.355 e. The van der Waals surface area contributed by atoms with Crippen LogP contribution in [-0.2, 0) is 10.0 Å². The van der Waals surface area contributed by atoms with Crippen molar-refractivity contribution in [3.05, 3.63) is 59.2 Å². The predicted molar refractivity (Wildman–Crippen MR) is 104 cm³/mol. The van der Waals surface area contributed by atoms with Crippen molar-refractivity contribution < 1.29 is 18.0 Å². The molecule has 0 saturated heterocycles. The summed E-state index contributed by atoms with van der Waals surface area (Å²) in [6, 6.07) is 10.5. The van der Waals surface area contributed by atoms with Crippen LogP contribution in [0.2, 0.25) is 0 Å². The smallest absolute Gasteiger partial charge is 0.255 e. The zero-order valence-electron chi connectivity index (χ0n) is 15.7. The van der Waals surface area contributed by atoms with E-state index in [1.807, 2.05) is 0 Å². The van der Waals surface area contributed by atoms with Gasteiger partial charge in [-0.1, -0.05) is 6.07 Å². The minimum absolute atomic E-state index is 0.0885. The van der Waals surface area contributed by atoms with Crippen molar-refractivity contribution >= 4 is 27.5 Å². The molecular formula is C19H23N3O4S. The topological polar surface area (TPSA) is 104 Å². The molecule has 0 spiro atoms. The number of carbonyl (C=O) groups is 2. The average molecular weight is 389 g/mol. The van der Waals surface area contributed by atoms with Gasteiger partial charge in [0.1, 0.15) is 0 Å². The van der Waals surface area contributed by atoms with Crippen molar-refractivity contribution in [2.75, 3.05) is 12.4 Å². The third kappa shape index (κ3) is 4.93. The molecule has 2 aromatic carbocycles. The van der Waals surface area contributed by atoms with Gasteiger partial charge in [0.05, 0.1) is 4.90 Å². The van der Waals surface area contributed by atoms with Crippen LogP contribution in [0.1, 0.15) is 40.1 Å². The lowest BCUT2D eigenvalue weighted by atomic mass is 10.1. The quantitative estimate of drug-likeness (QED) is 0.705. The number of nitrogens with one attached hydrogen (secondary N) is 3. The SMILES string of the molecule is CNC(=O)c1cccc(NC(=O)c2ccc(S(=O)(=O)NC(C)C)cc2)c1C. The molecule has 7 nitrogen and oxygen atoms in total. The summed E-state index contributed by atoms with van der Waals surface area (Å²) in [6.07, 6.45) is 0. The van der Waals surface area contributed by atoms with Gasteiger partial charge < -0.3 is 10.6 Å². The molecule has 3 N–H and O–H groups in total. The highest BCUT2D eigenvalue weighted by atomic mass is 32.2. The van der Waals surface area contributed by atoms with Crippen LogP contribution in [0, 0.1) is 6.92 Å². The molecule has 0 saturated carbocycles. The van der Waals surface area contributed by atoms with E-state index in [0.29, 0.717) is 22.4 Å². The van der Waals surface area contributed by atoms with Crippen molar-refractivity contribution in [3.63, 3.8) is 0 Å². The van der Waals surface area contributed by atoms with E-state index in [2.05, 4.69) is 15.4 Å². The summed E-state index contributed by atoms with van der Waals surface area (Å²) in [5.74, 6) is -0.635. The van der Waals surface area contributed by atoms with Gasteiger partial charge in [-0.3, -0.25) is 9.59 Å². The number of rotatable bonds is 6. The number of amides is 2. The summed E-state index contributed by atoms with van der Waals surface area (Å²) in [6.45, 7) is 5.21. The second kappa shape index (κ2) is 8.32. The highest BCUT2D eigenvalue weighted by molar-refractivity contribution is 7.89. The van der Waals surface area contributed by atoms with Gasteiger partial charge in [0.2, 0.25) is 10.0 Å². The van der Waals surface area contributed by atoms with E-state index >= 15 is 0 Å². The average Bonchev–Trinajstić information content (AvgIpc) is 2.62. The molecule has 0 aliphatic carbocycles. The van der Waals surface area contributed by atoms with Crippen LogP contribution in [0.5, 0.6) is 0 Å². The molecule has 0 atom stereocenters. The number of hydrogen-bond donors (Lipinski definition) is 3. The Labute approximate surface area is 159 Å². The summed E-state index contributed by atoms with van der Waals surface area (Å²) < 4.78 is 26.8. The fraction of sp³-hybridized carbons (Fsp3) is 0.263. The minimum atomic E-state index is -3.61. The maximum Gasteiger partial charge on any atom is 0.255 e. The van der Waals surface area contributed by atoms with Crippen LogP contribution in [0.4, 0.5) is 5.69 Å². The zero-order chi connectivity index (χ0) is 20.2. The number of benzene rings is 2. The van der Waals surface area contributed by atoms with Gasteiger partial charge in [0.25, 0.3) is 11.8 Å². The maximum absolute atomic E-state index is 12.5. The van der Waals surface area contributed by atoms with Crippen LogP contribution in [0.15, 0.2) is 47.4 Å². The number of hydrogen-bond acceptors (Lipinski definition) is 4. The van der Waals surface area contributed by atoms with Crippen molar-refractivity contribution in [1.82, 2.24) is 10.0 Å². The van der Waals surface area contributed by atoms with Gasteiger partial charge in [-0.2, -0.15) is 0 Å². The normalized spacial score (nSPS) is 11.3. The van der Waals surface area contributed by atoms with Crippen molar-refractivity contribution in [2.45, 2.75) is 31.7 Å². The van der Waals surface area contributed by atoms with Crippen LogP contribution in [0.3, 0.4) is 0 Å². The Bertz CT molecular complexity index is 951. The number of anilines is 1. The molecule has 0 heterocycles. The summed E-state index contributed by atoms with van der Waals surface area (Å²) in [5, 5.41) is 5.31. The molecule has 2 aromatic rings. The standard InChI is InChI=1S/C19H23N3O4S/c1-12(2)22-27(25,26)15-10-8-14(9-11-15)18(23)21-17-7-5-6-16(13(17)3)19(24)20-4/h5-12,22H,1-4H3,(H,20,24)(H,21,23). The summed E-state index contributed by atoms with van der Waals surface area (Å²) >= 11 is 0. The molecule has 0 aliphatic rings. The molecule has 2 amide bonds. The lowest BCUT2D eigenvalue weighted by Crippen LogP contribution is -2.30. The van der Waals surface area contributed by atoms with Gasteiger partial charge in [0, 0.05) is 29.9 Å². The molecule has 144 valence electrons. The van der Waals surface area contributed by atoms with E-state index < -0.39 is 15.9 Å². The number of sulfonamides is 1. The summed E-state index contributed by atoms with van der Waals surface area (Å²) in [5.41, 5.74) is 1.93. The fourth-order valence-electron chi connectivity index (χ4n) is 2.51. The molecule has 2 rings (SSSR count). The molecular weight excluding hydrogens is 366 g/mol. The molecule has 27 heavy (non-hydrogen) atoms. The van der Waals surface area contributed by atoms with Crippen LogP contribution >= 0.6 is 0 Å². The van der Waals surface area contributed by atoms with Gasteiger partial charge in [-0.25, -0.2) is 13.1 Å². The second-order valence-corrected chi connectivity index (χ2v) is 8.03. The van der Waals surface area contributed by atoms with E-state index in [1.54, 1.807) is 39.0 Å². The van der Waals surface area contributed by atoms with Crippen LogP contribution < -0.4 is 15.4 Å². The van der Waals surface area contributed by atoms with Crippen LogP contribution in [-0.4, -0.2) is 33.3 Å². The van der Waals surface area contributed by atoms with Gasteiger partial charge in [-0.15, -0.1) is 0 Å². The second-order valence-electron chi connectivity index (χ2n) is 6.31. The number of carbonyl (C=O) groups excluding carboxylic acids is 2. The molecule has 0 fully saturated rings. The zero-order valence-corrected chi connectivity index (χ0v) is 16.5. The Balaban J connectivity index is 2.21. The highest BCUT2D eigenvalue weighted by Gasteiger charge is 2.17. The maximum atomic E-state index is 12.5. The Kier molecular flexibility index (Phi) is 6.35. The van der Waals surface area contributed by atoms with E-state index in [4.69, 9.17) is 0 Å². The lowest BCUT2D eigenvalue weighted by molar-refractivity contribution is 0.0960. The molecule has 0 bridgehead atoms. The Morgan fingerprint density at radius 2 is 1.59 bits per heavy atom. The van der Waals surface area contributed by atoms with Crippen LogP contribution in [0.25, 0.3) is 0 Å². The molecule has 8 heteroatoms. The first-order valence-electron chi connectivity index (χ1n) is 8.41. The first-order valence-corrected chi connectivity index (χ1v) is 9.89. The van der Waals surface area contributed by atoms with Crippen molar-refractivity contribution in [1.29, 1.82) is 0 Å². The third-order valence-electron chi connectivity index (χ3n) is 3.87. The van der Waals surface area contributed by atoms with Crippen molar-refractivity contribution in [2.24, 2.45) is 0 Å². The van der Waals surface area contributed by atoms with Gasteiger partial charge in [0.15, 0.2) is 0 Å². The molecule has 0 radical (unpaired) electrons. The highest BCUT2D eigenvalue weighted by Crippen LogP contribution is 2.20. The first kappa shape index (κ1) is 20.6. The Morgan fingerprint density at radius 3 is 2.15 bits per heavy atom. The van der Waals surface area contributed by atoms with Gasteiger partial charge in [-0.05, 0) is 62.7 Å². The summed E-state index contributed by atoms with van der Waals surface area (Å²) in [7, 11) is -2.07. The van der Waals surface area contributed by atoms with E-state index in [9.17, 15) is 18.0 Å². The predicted octanol–water partition coefficient (Wildman–Crippen LogP) is 2.29. The van der Waals surface area contributed by atoms with E-state index in [0.717, 1.165) is 0 Å². The molecule has 0 unspecified atom stereocenters. The Hall–Kier alpha value is -2.71. The monoisotopic (exact) mass is 389 g/mol. The fourth-order valence-corrected chi connectivity index (χ4v) is 3.76. The third-order valence-corrected chi connectivity index (χ3v) is 5.55. The first-order chi connectivity index (χ1) is 12.7. The van der Waals surface area contributed by atoms with E-state index in [-0.39, 0.29) is 16.8 Å². The van der Waals surface area contributed by atoms with Crippen molar-refractivity contribution in [3.8, 4) is 0 Å². The Morgan fingerprint density at radius 1 is 0.963 bits per heavy atom. The molecule has 0 aliphatic heterocycles.